The molecule has 0 aromatic rings. The molecular formula is C14H28N2. The Hall–Kier alpha value is -0.0800. The van der Waals surface area contributed by atoms with Crippen LogP contribution in [0.2, 0.25) is 0 Å². The molecule has 94 valence electrons. The molecule has 0 spiro atoms. The van der Waals surface area contributed by atoms with E-state index in [0.29, 0.717) is 0 Å². The molecule has 1 aliphatic carbocycles. The first kappa shape index (κ1) is 12.4. The maximum absolute atomic E-state index is 3.67. The fourth-order valence-corrected chi connectivity index (χ4v) is 3.28. The van der Waals surface area contributed by atoms with E-state index in [0.717, 1.165) is 11.8 Å². The average Bonchev–Trinajstić information content (AvgIpc) is 2.72. The van der Waals surface area contributed by atoms with Crippen LogP contribution >= 0.6 is 0 Å². The SMILES string of the molecule is CN1CCC(CNCCC2CCCCC2)C1. The number of nitrogens with zero attached hydrogens (tertiary/aromatic N) is 1. The van der Waals surface area contributed by atoms with E-state index in [-0.39, 0.29) is 0 Å². The van der Waals surface area contributed by atoms with Gasteiger partial charge in [-0.25, -0.2) is 0 Å². The number of nitrogens with one attached hydrogen (secondary N) is 1. The Labute approximate surface area is 101 Å². The average molecular weight is 224 g/mol. The van der Waals surface area contributed by atoms with Crippen molar-refractivity contribution in [3.8, 4) is 0 Å². The monoisotopic (exact) mass is 224 g/mol. The highest BCUT2D eigenvalue weighted by atomic mass is 15.1. The second-order valence-corrected chi connectivity index (χ2v) is 5.91. The number of hydrogen-bond donors (Lipinski definition) is 1. The Kier molecular flexibility index (Phi) is 5.11. The van der Waals surface area contributed by atoms with Gasteiger partial charge in [0.25, 0.3) is 0 Å². The van der Waals surface area contributed by atoms with Gasteiger partial charge in [-0.3, -0.25) is 0 Å². The molecule has 1 N–H and O–H groups in total. The predicted octanol–water partition coefficient (Wildman–Crippen LogP) is 2.50. The molecule has 2 fully saturated rings. The third kappa shape index (κ3) is 4.06. The van der Waals surface area contributed by atoms with E-state index in [4.69, 9.17) is 0 Å². The number of rotatable bonds is 5. The normalized spacial score (nSPS) is 28.7. The molecule has 2 heteroatoms. The van der Waals surface area contributed by atoms with Crippen molar-refractivity contribution in [1.82, 2.24) is 10.2 Å². The van der Waals surface area contributed by atoms with Gasteiger partial charge in [0.1, 0.15) is 0 Å². The largest absolute Gasteiger partial charge is 0.316 e. The van der Waals surface area contributed by atoms with Crippen molar-refractivity contribution < 1.29 is 0 Å². The van der Waals surface area contributed by atoms with E-state index in [2.05, 4.69) is 17.3 Å². The van der Waals surface area contributed by atoms with Gasteiger partial charge in [-0.1, -0.05) is 32.1 Å². The maximum Gasteiger partial charge on any atom is 0.00192 e. The van der Waals surface area contributed by atoms with Gasteiger partial charge in [0.15, 0.2) is 0 Å². The van der Waals surface area contributed by atoms with Crippen LogP contribution in [0.15, 0.2) is 0 Å². The second-order valence-electron chi connectivity index (χ2n) is 5.91. The second kappa shape index (κ2) is 6.61. The Morgan fingerprint density at radius 2 is 1.88 bits per heavy atom. The van der Waals surface area contributed by atoms with Crippen LogP contribution in [-0.4, -0.2) is 38.1 Å². The summed E-state index contributed by atoms with van der Waals surface area (Å²) in [5.41, 5.74) is 0. The molecule has 0 aromatic carbocycles. The van der Waals surface area contributed by atoms with Gasteiger partial charge in [0.2, 0.25) is 0 Å². The molecule has 2 rings (SSSR count). The first-order chi connectivity index (χ1) is 7.84. The highest BCUT2D eigenvalue weighted by molar-refractivity contribution is 4.75. The fourth-order valence-electron chi connectivity index (χ4n) is 3.28. The molecule has 0 aromatic heterocycles. The lowest BCUT2D eigenvalue weighted by atomic mass is 9.87. The standard InChI is InChI=1S/C14H28N2/c1-16-10-8-14(12-16)11-15-9-7-13-5-3-2-4-6-13/h13-15H,2-12H2,1H3. The first-order valence-electron chi connectivity index (χ1n) is 7.24. The van der Waals surface area contributed by atoms with Gasteiger partial charge >= 0.3 is 0 Å². The van der Waals surface area contributed by atoms with E-state index in [9.17, 15) is 0 Å². The zero-order chi connectivity index (χ0) is 11.2. The van der Waals surface area contributed by atoms with Gasteiger partial charge in [-0.15, -0.1) is 0 Å². The maximum atomic E-state index is 3.67. The van der Waals surface area contributed by atoms with Gasteiger partial charge in [-0.2, -0.15) is 0 Å². The summed E-state index contributed by atoms with van der Waals surface area (Å²) in [6.07, 6.45) is 10.3. The summed E-state index contributed by atoms with van der Waals surface area (Å²) in [4.78, 5) is 2.45. The topological polar surface area (TPSA) is 15.3 Å². The summed E-state index contributed by atoms with van der Waals surface area (Å²) in [5, 5.41) is 3.67. The van der Waals surface area contributed by atoms with Crippen LogP contribution in [0.5, 0.6) is 0 Å². The summed E-state index contributed by atoms with van der Waals surface area (Å²) in [5.74, 6) is 1.95. The van der Waals surface area contributed by atoms with Crippen molar-refractivity contribution in [1.29, 1.82) is 0 Å². The summed E-state index contributed by atoms with van der Waals surface area (Å²) in [6, 6.07) is 0. The molecule has 0 bridgehead atoms. The van der Waals surface area contributed by atoms with Crippen LogP contribution in [0.25, 0.3) is 0 Å². The lowest BCUT2D eigenvalue weighted by molar-refractivity contribution is 0.328. The molecule has 16 heavy (non-hydrogen) atoms. The van der Waals surface area contributed by atoms with Gasteiger partial charge < -0.3 is 10.2 Å². The smallest absolute Gasteiger partial charge is 0.00192 e. The van der Waals surface area contributed by atoms with Crippen molar-refractivity contribution in [2.45, 2.75) is 44.9 Å². The Balaban J connectivity index is 1.48. The fraction of sp³-hybridized carbons (Fsp3) is 1.00. The van der Waals surface area contributed by atoms with Crippen molar-refractivity contribution in [3.63, 3.8) is 0 Å². The molecule has 0 amide bonds. The molecule has 1 unspecified atom stereocenters. The molecular weight excluding hydrogens is 196 g/mol. The van der Waals surface area contributed by atoms with Crippen LogP contribution in [0.1, 0.15) is 44.9 Å². The highest BCUT2D eigenvalue weighted by Gasteiger charge is 2.19. The van der Waals surface area contributed by atoms with Gasteiger partial charge in [0, 0.05) is 6.54 Å². The van der Waals surface area contributed by atoms with Gasteiger partial charge in [-0.05, 0) is 51.4 Å². The minimum absolute atomic E-state index is 0.913. The van der Waals surface area contributed by atoms with Crippen LogP contribution in [0.3, 0.4) is 0 Å². The lowest BCUT2D eigenvalue weighted by Gasteiger charge is -2.21. The van der Waals surface area contributed by atoms with Crippen molar-refractivity contribution in [2.24, 2.45) is 11.8 Å². The minimum atomic E-state index is 0.913. The molecule has 1 saturated carbocycles. The number of likely N-dealkylation sites (tertiary alicyclic amines) is 1. The van der Waals surface area contributed by atoms with E-state index in [1.807, 2.05) is 0 Å². The zero-order valence-corrected chi connectivity index (χ0v) is 10.9. The minimum Gasteiger partial charge on any atom is -0.316 e. The van der Waals surface area contributed by atoms with Crippen LogP contribution < -0.4 is 5.32 Å². The predicted molar refractivity (Wildman–Crippen MR) is 69.7 cm³/mol. The van der Waals surface area contributed by atoms with Crippen LogP contribution in [-0.2, 0) is 0 Å². The molecule has 1 aliphatic heterocycles. The van der Waals surface area contributed by atoms with E-state index in [1.54, 1.807) is 0 Å². The zero-order valence-electron chi connectivity index (χ0n) is 10.9. The summed E-state index contributed by atoms with van der Waals surface area (Å²) in [6.45, 7) is 5.10. The molecule has 0 radical (unpaired) electrons. The third-order valence-electron chi connectivity index (χ3n) is 4.38. The van der Waals surface area contributed by atoms with Crippen LogP contribution in [0, 0.1) is 11.8 Å². The van der Waals surface area contributed by atoms with Crippen molar-refractivity contribution in [3.05, 3.63) is 0 Å². The number of hydrogen-bond acceptors (Lipinski definition) is 2. The molecule has 1 saturated heterocycles. The van der Waals surface area contributed by atoms with E-state index < -0.39 is 0 Å². The first-order valence-corrected chi connectivity index (χ1v) is 7.24. The molecule has 1 heterocycles. The third-order valence-corrected chi connectivity index (χ3v) is 4.38. The molecule has 2 aliphatic rings. The Bertz CT molecular complexity index is 180. The highest BCUT2D eigenvalue weighted by Crippen LogP contribution is 2.25. The van der Waals surface area contributed by atoms with E-state index in [1.165, 1.54) is 71.1 Å². The summed E-state index contributed by atoms with van der Waals surface area (Å²) >= 11 is 0. The Morgan fingerprint density at radius 3 is 2.56 bits per heavy atom. The van der Waals surface area contributed by atoms with Crippen molar-refractivity contribution >= 4 is 0 Å². The van der Waals surface area contributed by atoms with Crippen LogP contribution in [0.4, 0.5) is 0 Å². The summed E-state index contributed by atoms with van der Waals surface area (Å²) < 4.78 is 0. The summed E-state index contributed by atoms with van der Waals surface area (Å²) in [7, 11) is 2.24. The van der Waals surface area contributed by atoms with Crippen molar-refractivity contribution in [2.75, 3.05) is 33.2 Å². The molecule has 2 nitrogen and oxygen atoms in total. The quantitative estimate of drug-likeness (QED) is 0.722. The lowest BCUT2D eigenvalue weighted by Crippen LogP contribution is -2.27. The Morgan fingerprint density at radius 1 is 1.06 bits per heavy atom. The van der Waals surface area contributed by atoms with E-state index >= 15 is 0 Å². The van der Waals surface area contributed by atoms with Gasteiger partial charge in [0.05, 0.1) is 0 Å². The molecule has 1 atom stereocenters.